The van der Waals surface area contributed by atoms with Crippen LogP contribution in [-0.2, 0) is 26.9 Å². The van der Waals surface area contributed by atoms with E-state index in [1.807, 2.05) is 110 Å². The Hall–Kier alpha value is -8.72. The molecule has 0 amide bonds. The van der Waals surface area contributed by atoms with E-state index in [1.165, 1.54) is 47.1 Å². The number of furan rings is 2. The van der Waals surface area contributed by atoms with E-state index in [2.05, 4.69) is 134 Å². The molecule has 6 aromatic carbocycles. The molecule has 5 N–H and O–H groups in total. The van der Waals surface area contributed by atoms with Crippen molar-refractivity contribution in [2.24, 2.45) is 14.1 Å². The van der Waals surface area contributed by atoms with Gasteiger partial charge in [0.2, 0.25) is 0 Å². The fourth-order valence-electron chi connectivity index (χ4n) is 8.49. The Labute approximate surface area is 537 Å². The lowest BCUT2D eigenvalue weighted by molar-refractivity contribution is 0.424. The molecule has 0 bridgehead atoms. The molecule has 8 aromatic heterocycles. The first kappa shape index (κ1) is 65.8. The number of aromatic hydroxyl groups is 1. The van der Waals surface area contributed by atoms with Crippen molar-refractivity contribution in [3.8, 4) is 5.75 Å². The van der Waals surface area contributed by atoms with Crippen LogP contribution in [0.1, 0.15) is 36.2 Å². The van der Waals surface area contributed by atoms with Gasteiger partial charge in [-0.05, 0) is 213 Å². The van der Waals surface area contributed by atoms with Gasteiger partial charge >= 0.3 is 7.12 Å². The van der Waals surface area contributed by atoms with Crippen LogP contribution in [0.5, 0.6) is 5.75 Å². The fourth-order valence-corrected chi connectivity index (χ4v) is 9.97. The minimum absolute atomic E-state index is 0.215. The van der Waals surface area contributed by atoms with E-state index >= 15 is 0 Å². The van der Waals surface area contributed by atoms with E-state index in [1.54, 1.807) is 67.0 Å². The molecule has 0 saturated heterocycles. The highest BCUT2D eigenvalue weighted by molar-refractivity contribution is 14.1. The van der Waals surface area contributed by atoms with Gasteiger partial charge in [-0.25, -0.2) is 33.4 Å². The van der Waals surface area contributed by atoms with Crippen LogP contribution in [-0.4, -0.2) is 61.3 Å². The van der Waals surface area contributed by atoms with Gasteiger partial charge in [0.25, 0.3) is 0 Å². The second kappa shape index (κ2) is 32.1. The van der Waals surface area contributed by atoms with Gasteiger partial charge in [0, 0.05) is 92.2 Å². The molecule has 0 aliphatic heterocycles. The number of phenolic OH excluding ortho intramolecular Hbond substituents is 1. The van der Waals surface area contributed by atoms with Crippen molar-refractivity contribution in [1.82, 2.24) is 39.0 Å². The third-order valence-corrected chi connectivity index (χ3v) is 14.6. The predicted octanol–water partition coefficient (Wildman–Crippen LogP) is 17.0. The smallest absolute Gasteiger partial charge is 0.508 e. The highest BCUT2D eigenvalue weighted by atomic mass is 127. The SMILES string of the molecule is CCc1cc(C)cc2occc12.CCc1cc(O)cc2occc12.Cc1ccc2cc(F)ccc2n1.Cn1cnc(B(O)O)c1.Cn1cnc(I)c1.Fc1ccc2nc(Br)ccc2c1.[C-]#[N+]c1ccc2[nH]cc(I)c2c1.[C-]#[N+]c1ccc2[nH]ccc2c1. The number of pyridine rings is 2. The van der Waals surface area contributed by atoms with Crippen molar-refractivity contribution in [2.45, 2.75) is 40.5 Å². The van der Waals surface area contributed by atoms with Gasteiger partial charge in [0.1, 0.15) is 36.9 Å². The monoisotopic (exact) mass is 1450 g/mol. The number of aryl methyl sites for hydroxylation is 6. The summed E-state index contributed by atoms with van der Waals surface area (Å²) in [7, 11) is 2.26. The van der Waals surface area contributed by atoms with E-state index in [4.69, 9.17) is 32.0 Å². The van der Waals surface area contributed by atoms with Crippen LogP contribution in [0, 0.1) is 45.9 Å². The minimum atomic E-state index is -1.45. The molecular formula is C66H58BBrF2I2N10O5. The maximum atomic E-state index is 12.7. The Kier molecular flexibility index (Phi) is 24.3. The molecule has 0 aliphatic rings. The lowest BCUT2D eigenvalue weighted by atomic mass is 9.87. The van der Waals surface area contributed by atoms with E-state index in [9.17, 15) is 13.9 Å². The first-order valence-corrected chi connectivity index (χ1v) is 29.7. The van der Waals surface area contributed by atoms with E-state index in [-0.39, 0.29) is 23.0 Å². The molecule has 14 rings (SSSR count). The van der Waals surface area contributed by atoms with Crippen LogP contribution in [0.4, 0.5) is 20.2 Å². The molecule has 87 heavy (non-hydrogen) atoms. The summed E-state index contributed by atoms with van der Waals surface area (Å²) in [4.78, 5) is 29.0. The summed E-state index contributed by atoms with van der Waals surface area (Å²) in [6.07, 6.45) is 16.0. The molecule has 0 spiro atoms. The highest BCUT2D eigenvalue weighted by Crippen LogP contribution is 2.27. The molecule has 15 nitrogen and oxygen atoms in total. The Morgan fingerprint density at radius 3 is 1.77 bits per heavy atom. The summed E-state index contributed by atoms with van der Waals surface area (Å²) in [5, 5.41) is 32.6. The number of H-pyrrole nitrogens is 2. The number of halogens is 5. The number of aromatic nitrogens is 8. The zero-order valence-corrected chi connectivity index (χ0v) is 53.9. The van der Waals surface area contributed by atoms with Crippen molar-refractivity contribution in [3.63, 3.8) is 0 Å². The molecule has 440 valence electrons. The predicted molar refractivity (Wildman–Crippen MR) is 364 cm³/mol. The first-order chi connectivity index (χ1) is 41.8. The van der Waals surface area contributed by atoms with Gasteiger partial charge in [-0.3, -0.25) is 4.98 Å². The number of benzene rings is 6. The summed E-state index contributed by atoms with van der Waals surface area (Å²) in [5.41, 5.74) is 12.0. The van der Waals surface area contributed by atoms with Crippen LogP contribution >= 0.6 is 61.1 Å². The van der Waals surface area contributed by atoms with E-state index in [0.717, 1.165) is 96.1 Å². The van der Waals surface area contributed by atoms with Crippen LogP contribution in [0.25, 0.3) is 75.2 Å². The topological polar surface area (TPSA) is 189 Å². The third kappa shape index (κ3) is 19.4. The molecule has 0 fully saturated rings. The normalized spacial score (nSPS) is 10.2. The van der Waals surface area contributed by atoms with Crippen LogP contribution in [0.2, 0.25) is 0 Å². The number of imidazole rings is 2. The second-order valence-electron chi connectivity index (χ2n) is 19.2. The average molecular weight is 1450 g/mol. The number of hydrogen-bond donors (Lipinski definition) is 5. The molecule has 0 radical (unpaired) electrons. The molecule has 0 aliphatic carbocycles. The maximum absolute atomic E-state index is 12.7. The summed E-state index contributed by atoms with van der Waals surface area (Å²) in [5.74, 6) is -0.172. The summed E-state index contributed by atoms with van der Waals surface area (Å²) in [6.45, 7) is 21.9. The van der Waals surface area contributed by atoms with Gasteiger partial charge < -0.3 is 43.1 Å². The van der Waals surface area contributed by atoms with Gasteiger partial charge in [-0.1, -0.05) is 44.2 Å². The quantitative estimate of drug-likeness (QED) is 0.0496. The first-order valence-electron chi connectivity index (χ1n) is 26.8. The summed E-state index contributed by atoms with van der Waals surface area (Å²) in [6, 6.07) is 41.4. The van der Waals surface area contributed by atoms with Crippen LogP contribution in [0.15, 0.2) is 203 Å². The third-order valence-electron chi connectivity index (χ3n) is 12.7. The molecule has 21 heteroatoms. The highest BCUT2D eigenvalue weighted by Gasteiger charge is 2.13. The van der Waals surface area contributed by atoms with E-state index < -0.39 is 7.12 Å². The lowest BCUT2D eigenvalue weighted by Gasteiger charge is -1.99. The Bertz CT molecular complexity index is 4380. The van der Waals surface area contributed by atoms with Gasteiger partial charge in [0.15, 0.2) is 11.4 Å². The Morgan fingerprint density at radius 2 is 1.21 bits per heavy atom. The van der Waals surface area contributed by atoms with Gasteiger partial charge in [-0.2, -0.15) is 0 Å². The molecule has 0 saturated carbocycles. The standard InChI is InChI=1S/C11H12O.C10H8FN.C10H10O2.C9H5BrFN.C9H5IN2.C9H6N2.C4H7BN2O2.C4H5IN2/c1-3-9-6-8(2)7-11-10(9)4-5-12-11;1-7-2-3-8-6-9(11)4-5-10(8)12-7;1-2-7-5-8(11)6-10-9(7)3-4-12-10;10-9-4-1-6-5-7(11)2-3-8(6)12-9;1-11-6-2-3-9-7(4-6)8(10)5-12-9;1-10-8-2-3-9-7(6-8)4-5-11-9;1-7-2-4(5(8)9)6-3-7;1-7-2-4(5)6-3-7/h4-7H,3H2,1-2H3;2-6H,1H3;3-6,11H,2H2,1H3;1-5H;2-5,12H;2-6,11H;2-3,8-9H,1H3;2-3H,1H3. The van der Waals surface area contributed by atoms with Crippen molar-refractivity contribution in [3.05, 3.63) is 258 Å². The van der Waals surface area contributed by atoms with Gasteiger partial charge in [-0.15, -0.1) is 0 Å². The zero-order valence-electron chi connectivity index (χ0n) is 48.0. The largest absolute Gasteiger partial charge is 0.509 e. The minimum Gasteiger partial charge on any atom is -0.508 e. The number of aromatic amines is 2. The average Bonchev–Trinajstić information content (AvgIpc) is 4.60. The molecule has 8 heterocycles. The number of nitrogens with one attached hydrogen (secondary N) is 2. The summed E-state index contributed by atoms with van der Waals surface area (Å²) >= 11 is 7.67. The van der Waals surface area contributed by atoms with Crippen molar-refractivity contribution in [1.29, 1.82) is 0 Å². The number of fused-ring (bicyclic) bond motifs is 6. The molecule has 0 unspecified atom stereocenters. The second-order valence-corrected chi connectivity index (χ2v) is 22.3. The van der Waals surface area contributed by atoms with Crippen molar-refractivity contribution >= 4 is 151 Å². The Morgan fingerprint density at radius 1 is 0.621 bits per heavy atom. The van der Waals surface area contributed by atoms with Crippen molar-refractivity contribution in [2.75, 3.05) is 0 Å². The number of hydrogen-bond acceptors (Lipinski definition) is 9. The fraction of sp³-hybridized carbons (Fsp3) is 0.121. The molecular weight excluding hydrogens is 1400 g/mol. The number of rotatable bonds is 3. The number of phenols is 1. The molecule has 14 aromatic rings. The number of nitrogens with zero attached hydrogens (tertiary/aromatic N) is 8. The van der Waals surface area contributed by atoms with Crippen LogP contribution < -0.4 is 5.59 Å². The molecule has 0 atom stereocenters. The summed E-state index contributed by atoms with van der Waals surface area (Å²) < 4.78 is 42.5. The van der Waals surface area contributed by atoms with Gasteiger partial charge in [0.05, 0.1) is 55.0 Å². The van der Waals surface area contributed by atoms with E-state index in [0.29, 0.717) is 11.4 Å². The van der Waals surface area contributed by atoms with Crippen molar-refractivity contribution < 1.29 is 32.8 Å². The Balaban J connectivity index is 0.000000143. The maximum Gasteiger partial charge on any atom is 0.509 e. The zero-order chi connectivity index (χ0) is 62.6. The lowest BCUT2D eigenvalue weighted by Crippen LogP contribution is -2.30. The van der Waals surface area contributed by atoms with Crippen LogP contribution in [0.3, 0.4) is 0 Å².